The van der Waals surface area contributed by atoms with E-state index in [4.69, 9.17) is 4.74 Å². The molecule has 9 nitrogen and oxygen atoms in total. The van der Waals surface area contributed by atoms with Crippen molar-refractivity contribution in [3.63, 3.8) is 0 Å². The number of benzene rings is 1. The number of alkyl halides is 3. The van der Waals surface area contributed by atoms with Gasteiger partial charge in [0.1, 0.15) is 24.1 Å². The Bertz CT molecular complexity index is 1140. The van der Waals surface area contributed by atoms with E-state index in [9.17, 15) is 28.2 Å². The summed E-state index contributed by atoms with van der Waals surface area (Å²) in [4.78, 5) is 23.8. The number of esters is 1. The first-order valence-electron chi connectivity index (χ1n) is 9.42. The lowest BCUT2D eigenvalue weighted by atomic mass is 10.1. The molecule has 1 saturated heterocycles. The molecule has 0 saturated carbocycles. The van der Waals surface area contributed by atoms with Crippen molar-refractivity contribution < 1.29 is 37.7 Å². The van der Waals surface area contributed by atoms with Crippen LogP contribution in [0.2, 0.25) is 0 Å². The Morgan fingerprint density at radius 3 is 2.62 bits per heavy atom. The number of ether oxygens (including phenoxy) is 2. The van der Waals surface area contributed by atoms with E-state index in [1.807, 2.05) is 36.4 Å². The second-order valence-corrected chi connectivity index (χ2v) is 6.93. The highest BCUT2D eigenvalue weighted by molar-refractivity contribution is 5.84. The molecule has 32 heavy (non-hydrogen) atoms. The van der Waals surface area contributed by atoms with E-state index < -0.39 is 43.3 Å². The molecule has 4 rings (SSSR count). The molecule has 0 amide bonds. The molecule has 2 N–H and O–H groups in total. The molecule has 0 unspecified atom stereocenters. The second-order valence-electron chi connectivity index (χ2n) is 6.93. The summed E-state index contributed by atoms with van der Waals surface area (Å²) >= 11 is 0. The number of carbonyl (C=O) groups excluding carboxylic acids is 1. The first kappa shape index (κ1) is 21.9. The van der Waals surface area contributed by atoms with Crippen LogP contribution < -0.4 is 0 Å². The van der Waals surface area contributed by atoms with Crippen molar-refractivity contribution in [2.45, 2.75) is 30.7 Å². The third-order valence-corrected chi connectivity index (χ3v) is 4.86. The monoisotopic (exact) mass is 450 g/mol. The van der Waals surface area contributed by atoms with Gasteiger partial charge >= 0.3 is 12.1 Å². The first-order chi connectivity index (χ1) is 15.3. The molecule has 2 aromatic heterocycles. The topological polar surface area (TPSA) is 120 Å². The lowest BCUT2D eigenvalue weighted by Gasteiger charge is -2.20. The largest absolute Gasteiger partial charge is 0.490 e. The van der Waals surface area contributed by atoms with Crippen LogP contribution in [0.25, 0.3) is 23.3 Å². The van der Waals surface area contributed by atoms with E-state index in [2.05, 4.69) is 19.7 Å². The highest BCUT2D eigenvalue weighted by Gasteiger charge is 2.51. The van der Waals surface area contributed by atoms with Crippen LogP contribution in [-0.4, -0.2) is 66.8 Å². The molecule has 4 atom stereocenters. The van der Waals surface area contributed by atoms with Gasteiger partial charge in [-0.05, 0) is 11.6 Å². The molecule has 0 bridgehead atoms. The Kier molecular flexibility index (Phi) is 5.91. The summed E-state index contributed by atoms with van der Waals surface area (Å²) in [5, 5.41) is 20.0. The van der Waals surface area contributed by atoms with Crippen LogP contribution in [0.3, 0.4) is 0 Å². The van der Waals surface area contributed by atoms with Crippen LogP contribution in [0.15, 0.2) is 43.0 Å². The van der Waals surface area contributed by atoms with Crippen molar-refractivity contribution in [2.24, 2.45) is 0 Å². The van der Waals surface area contributed by atoms with Crippen molar-refractivity contribution in [1.82, 2.24) is 19.5 Å². The van der Waals surface area contributed by atoms with Gasteiger partial charge < -0.3 is 19.7 Å². The molecule has 1 aromatic carbocycles. The van der Waals surface area contributed by atoms with Crippen LogP contribution in [0.1, 0.15) is 17.5 Å². The van der Waals surface area contributed by atoms with Crippen LogP contribution in [-0.2, 0) is 14.3 Å². The summed E-state index contributed by atoms with van der Waals surface area (Å²) < 4.78 is 48.9. The quantitative estimate of drug-likeness (QED) is 0.564. The summed E-state index contributed by atoms with van der Waals surface area (Å²) in [6.45, 7) is -0.782. The number of hydrogen-bond donors (Lipinski definition) is 2. The highest BCUT2D eigenvalue weighted by Crippen LogP contribution is 2.34. The molecular weight excluding hydrogens is 433 g/mol. The highest BCUT2D eigenvalue weighted by atomic mass is 19.4. The standard InChI is InChI=1S/C20H17F3N4O5/c21-20(22,23)19(30)32-16-13(8-28)31-18(15(16)29)27-10-26-14-12(24-9-25-17(14)27)7-6-11-4-2-1-3-5-11/h1-7,9-10,13,15-16,18,28-29H,8H2/b7-6+/t13-,15-,16-,18-/m1/s1. The van der Waals surface area contributed by atoms with Crippen molar-refractivity contribution in [3.05, 3.63) is 54.2 Å². The SMILES string of the molecule is O=C(O[C@H]1[C@@H](O)[C@H](n2cnc3c(/C=C/c4ccccc4)ncnc32)O[C@@H]1CO)C(F)(F)F. The van der Waals surface area contributed by atoms with Crippen molar-refractivity contribution in [1.29, 1.82) is 0 Å². The molecule has 1 fully saturated rings. The molecule has 0 spiro atoms. The van der Waals surface area contributed by atoms with E-state index in [0.717, 1.165) is 5.56 Å². The predicted molar refractivity (Wildman–Crippen MR) is 104 cm³/mol. The maximum Gasteiger partial charge on any atom is 0.490 e. The molecule has 1 aliphatic heterocycles. The normalized spacial score (nSPS) is 23.8. The maximum atomic E-state index is 12.6. The number of aromatic nitrogens is 4. The van der Waals surface area contributed by atoms with Gasteiger partial charge in [-0.3, -0.25) is 4.57 Å². The summed E-state index contributed by atoms with van der Waals surface area (Å²) in [6.07, 6.45) is -5.32. The number of aliphatic hydroxyl groups is 2. The average Bonchev–Trinajstić information content (AvgIpc) is 3.34. The third kappa shape index (κ3) is 4.20. The molecule has 3 aromatic rings. The van der Waals surface area contributed by atoms with E-state index in [0.29, 0.717) is 11.2 Å². The van der Waals surface area contributed by atoms with Gasteiger partial charge in [0.2, 0.25) is 0 Å². The fourth-order valence-electron chi connectivity index (χ4n) is 3.35. The molecule has 168 valence electrons. The Hall–Kier alpha value is -3.35. The molecule has 0 radical (unpaired) electrons. The van der Waals surface area contributed by atoms with Gasteiger partial charge in [-0.2, -0.15) is 13.2 Å². The zero-order valence-corrected chi connectivity index (χ0v) is 16.3. The lowest BCUT2D eigenvalue weighted by Crippen LogP contribution is -2.41. The number of aliphatic hydroxyl groups excluding tert-OH is 2. The molecule has 1 aliphatic rings. The summed E-state index contributed by atoms with van der Waals surface area (Å²) in [7, 11) is 0. The fourth-order valence-corrected chi connectivity index (χ4v) is 3.35. The van der Waals surface area contributed by atoms with Gasteiger partial charge in [0.15, 0.2) is 18.0 Å². The minimum atomic E-state index is -5.26. The Morgan fingerprint density at radius 2 is 1.94 bits per heavy atom. The molecular formula is C20H17F3N4O5. The maximum absolute atomic E-state index is 12.6. The second kappa shape index (κ2) is 8.65. The van der Waals surface area contributed by atoms with Crippen LogP contribution >= 0.6 is 0 Å². The number of halogens is 3. The molecule has 12 heteroatoms. The van der Waals surface area contributed by atoms with Crippen LogP contribution in [0, 0.1) is 0 Å². The predicted octanol–water partition coefficient (Wildman–Crippen LogP) is 1.72. The number of rotatable bonds is 5. The minimum absolute atomic E-state index is 0.233. The van der Waals surface area contributed by atoms with Crippen LogP contribution in [0.4, 0.5) is 13.2 Å². The summed E-state index contributed by atoms with van der Waals surface area (Å²) in [6, 6.07) is 9.43. The summed E-state index contributed by atoms with van der Waals surface area (Å²) in [5.41, 5.74) is 1.97. The smallest absolute Gasteiger partial charge is 0.450 e. The Balaban J connectivity index is 1.62. The number of fused-ring (bicyclic) bond motifs is 1. The van der Waals surface area contributed by atoms with Crippen LogP contribution in [0.5, 0.6) is 0 Å². The van der Waals surface area contributed by atoms with Gasteiger partial charge in [0.25, 0.3) is 0 Å². The van der Waals surface area contributed by atoms with E-state index in [1.165, 1.54) is 17.2 Å². The third-order valence-electron chi connectivity index (χ3n) is 4.86. The average molecular weight is 450 g/mol. The van der Waals surface area contributed by atoms with Gasteiger partial charge in [-0.25, -0.2) is 19.7 Å². The minimum Gasteiger partial charge on any atom is -0.450 e. The summed E-state index contributed by atoms with van der Waals surface area (Å²) in [5.74, 6) is -2.49. The van der Waals surface area contributed by atoms with Gasteiger partial charge in [0.05, 0.1) is 18.6 Å². The zero-order valence-electron chi connectivity index (χ0n) is 16.3. The van der Waals surface area contributed by atoms with E-state index >= 15 is 0 Å². The zero-order chi connectivity index (χ0) is 22.9. The van der Waals surface area contributed by atoms with Gasteiger partial charge in [-0.1, -0.05) is 36.4 Å². The fraction of sp³-hybridized carbons (Fsp3) is 0.300. The van der Waals surface area contributed by atoms with Crippen molar-refractivity contribution >= 4 is 29.3 Å². The Morgan fingerprint density at radius 1 is 1.19 bits per heavy atom. The first-order valence-corrected chi connectivity index (χ1v) is 9.42. The van der Waals surface area contributed by atoms with Crippen molar-refractivity contribution in [3.8, 4) is 0 Å². The molecule has 0 aliphatic carbocycles. The number of hydrogen-bond acceptors (Lipinski definition) is 8. The lowest BCUT2D eigenvalue weighted by molar-refractivity contribution is -0.210. The number of carbonyl (C=O) groups is 1. The number of imidazole rings is 1. The Labute approximate surface area is 178 Å². The number of nitrogens with zero attached hydrogens (tertiary/aromatic N) is 4. The molecule has 3 heterocycles. The van der Waals surface area contributed by atoms with Gasteiger partial charge in [-0.15, -0.1) is 0 Å². The van der Waals surface area contributed by atoms with E-state index in [1.54, 1.807) is 6.08 Å². The van der Waals surface area contributed by atoms with E-state index in [-0.39, 0.29) is 5.65 Å². The van der Waals surface area contributed by atoms with Crippen molar-refractivity contribution in [2.75, 3.05) is 6.61 Å². The van der Waals surface area contributed by atoms with Gasteiger partial charge in [0, 0.05) is 0 Å².